The lowest BCUT2D eigenvalue weighted by Crippen LogP contribution is -2.26. The van der Waals surface area contributed by atoms with Crippen LogP contribution in [0.2, 0.25) is 0 Å². The molecular weight excluding hydrogens is 382 g/mol. The Balaban J connectivity index is 1.84. The van der Waals surface area contributed by atoms with Crippen molar-refractivity contribution < 1.29 is 22.4 Å². The molecule has 0 amide bonds. The molecule has 148 valence electrons. The van der Waals surface area contributed by atoms with Crippen LogP contribution in [0.4, 0.5) is 0 Å². The third kappa shape index (κ3) is 4.00. The molecule has 3 aromatic rings. The van der Waals surface area contributed by atoms with Crippen LogP contribution in [0.5, 0.6) is 11.5 Å². The van der Waals surface area contributed by atoms with Gasteiger partial charge in [0.1, 0.15) is 11.5 Å². The largest absolute Gasteiger partial charge is 0.497 e. The van der Waals surface area contributed by atoms with Crippen molar-refractivity contribution in [2.45, 2.75) is 18.4 Å². The summed E-state index contributed by atoms with van der Waals surface area (Å²) in [6.07, 6.45) is 0. The topological polar surface area (TPSA) is 94.8 Å². The van der Waals surface area contributed by atoms with Gasteiger partial charge in [-0.1, -0.05) is 22.9 Å². The number of hydrogen-bond donors (Lipinski definition) is 0. The molecule has 3 rings (SSSR count). The van der Waals surface area contributed by atoms with Crippen LogP contribution in [0.3, 0.4) is 0 Å². The van der Waals surface area contributed by atoms with Crippen LogP contribution in [0, 0.1) is 6.92 Å². The second kappa shape index (κ2) is 7.99. The highest BCUT2D eigenvalue weighted by molar-refractivity contribution is 7.89. The molecule has 9 heteroatoms. The first-order chi connectivity index (χ1) is 13.3. The highest BCUT2D eigenvalue weighted by Gasteiger charge is 2.23. The normalized spacial score (nSPS) is 11.6. The number of methoxy groups -OCH3 is 2. The molecular formula is C19H21N3O5S. The lowest BCUT2D eigenvalue weighted by atomic mass is 10.2. The molecule has 0 atom stereocenters. The van der Waals surface area contributed by atoms with E-state index in [1.165, 1.54) is 14.2 Å². The van der Waals surface area contributed by atoms with E-state index < -0.39 is 10.0 Å². The highest BCUT2D eigenvalue weighted by Crippen LogP contribution is 2.31. The van der Waals surface area contributed by atoms with Gasteiger partial charge in [0.2, 0.25) is 21.7 Å². The molecule has 0 unspecified atom stereocenters. The van der Waals surface area contributed by atoms with E-state index in [1.54, 1.807) is 49.6 Å². The fraction of sp³-hybridized carbons (Fsp3) is 0.263. The summed E-state index contributed by atoms with van der Waals surface area (Å²) in [5, 5.41) is 3.95. The molecule has 8 nitrogen and oxygen atoms in total. The standard InChI is InChI=1S/C19H21N3O5S/c1-13-5-8-15(9-6-13)28(23,24)22(2)12-18-20-19(21-27-18)16-11-14(25-3)7-10-17(16)26-4/h5-11H,12H2,1-4H3. The van der Waals surface area contributed by atoms with Crippen molar-refractivity contribution in [3.63, 3.8) is 0 Å². The summed E-state index contributed by atoms with van der Waals surface area (Å²) in [6, 6.07) is 11.9. The first kappa shape index (κ1) is 19.8. The Morgan fingerprint density at radius 1 is 1.07 bits per heavy atom. The maximum atomic E-state index is 12.7. The van der Waals surface area contributed by atoms with Crippen molar-refractivity contribution in [3.8, 4) is 22.9 Å². The maximum absolute atomic E-state index is 12.7. The number of nitrogens with zero attached hydrogens (tertiary/aromatic N) is 3. The molecule has 0 saturated carbocycles. The van der Waals surface area contributed by atoms with E-state index in [9.17, 15) is 8.42 Å². The minimum atomic E-state index is -3.67. The molecule has 0 saturated heterocycles. The van der Waals surface area contributed by atoms with Gasteiger partial charge in [-0.3, -0.25) is 0 Å². The zero-order valence-electron chi connectivity index (χ0n) is 16.0. The van der Waals surface area contributed by atoms with E-state index in [0.717, 1.165) is 9.87 Å². The molecule has 0 aliphatic rings. The molecule has 0 aliphatic carbocycles. The van der Waals surface area contributed by atoms with E-state index in [-0.39, 0.29) is 23.2 Å². The lowest BCUT2D eigenvalue weighted by molar-refractivity contribution is 0.336. The first-order valence-electron chi connectivity index (χ1n) is 8.43. The van der Waals surface area contributed by atoms with Crippen molar-refractivity contribution in [1.29, 1.82) is 0 Å². The van der Waals surface area contributed by atoms with E-state index in [4.69, 9.17) is 14.0 Å². The SMILES string of the molecule is COc1ccc(OC)c(-c2noc(CN(C)S(=O)(=O)c3ccc(C)cc3)n2)c1. The van der Waals surface area contributed by atoms with Crippen molar-refractivity contribution >= 4 is 10.0 Å². The van der Waals surface area contributed by atoms with Gasteiger partial charge in [0, 0.05) is 7.05 Å². The van der Waals surface area contributed by atoms with Gasteiger partial charge in [-0.05, 0) is 37.3 Å². The summed E-state index contributed by atoms with van der Waals surface area (Å²) in [4.78, 5) is 4.51. The number of sulfonamides is 1. The minimum absolute atomic E-state index is 0.0600. The van der Waals surface area contributed by atoms with Crippen molar-refractivity contribution in [1.82, 2.24) is 14.4 Å². The zero-order chi connectivity index (χ0) is 20.3. The predicted molar refractivity (Wildman–Crippen MR) is 103 cm³/mol. The van der Waals surface area contributed by atoms with Crippen LogP contribution < -0.4 is 9.47 Å². The summed E-state index contributed by atoms with van der Waals surface area (Å²) < 4.78 is 42.4. The van der Waals surface area contributed by atoms with Gasteiger partial charge in [-0.2, -0.15) is 9.29 Å². The molecule has 0 bridgehead atoms. The molecule has 0 fully saturated rings. The number of benzene rings is 2. The van der Waals surface area contributed by atoms with Gasteiger partial charge < -0.3 is 14.0 Å². The Morgan fingerprint density at radius 3 is 2.43 bits per heavy atom. The predicted octanol–water partition coefficient (Wildman–Crippen LogP) is 2.88. The molecule has 0 N–H and O–H groups in total. The van der Waals surface area contributed by atoms with Gasteiger partial charge in [-0.25, -0.2) is 8.42 Å². The van der Waals surface area contributed by atoms with Crippen LogP contribution in [-0.2, 0) is 16.6 Å². The summed E-state index contributed by atoms with van der Waals surface area (Å²) >= 11 is 0. The quantitative estimate of drug-likeness (QED) is 0.599. The Bertz CT molecular complexity index is 1060. The second-order valence-corrected chi connectivity index (χ2v) is 8.20. The summed E-state index contributed by atoms with van der Waals surface area (Å²) in [5.41, 5.74) is 1.57. The van der Waals surface area contributed by atoms with E-state index in [2.05, 4.69) is 10.1 Å². The zero-order valence-corrected chi connectivity index (χ0v) is 16.9. The monoisotopic (exact) mass is 403 g/mol. The van der Waals surface area contributed by atoms with Gasteiger partial charge in [0.25, 0.3) is 0 Å². The highest BCUT2D eigenvalue weighted by atomic mass is 32.2. The smallest absolute Gasteiger partial charge is 0.243 e. The average molecular weight is 403 g/mol. The Kier molecular flexibility index (Phi) is 5.66. The molecule has 1 heterocycles. The summed E-state index contributed by atoms with van der Waals surface area (Å²) in [7, 11) is 0.881. The second-order valence-electron chi connectivity index (χ2n) is 6.15. The number of hydrogen-bond acceptors (Lipinski definition) is 7. The molecule has 0 radical (unpaired) electrons. The third-order valence-corrected chi connectivity index (χ3v) is 6.02. The van der Waals surface area contributed by atoms with E-state index >= 15 is 0 Å². The van der Waals surface area contributed by atoms with Gasteiger partial charge in [0.15, 0.2) is 0 Å². The molecule has 2 aromatic carbocycles. The molecule has 28 heavy (non-hydrogen) atoms. The Labute approximate surface area is 163 Å². The molecule has 0 aliphatic heterocycles. The summed E-state index contributed by atoms with van der Waals surface area (Å²) in [5.74, 6) is 1.61. The van der Waals surface area contributed by atoms with E-state index in [0.29, 0.717) is 17.1 Å². The van der Waals surface area contributed by atoms with Crippen molar-refractivity contribution in [2.24, 2.45) is 0 Å². The van der Waals surface area contributed by atoms with Crippen LogP contribution >= 0.6 is 0 Å². The Morgan fingerprint density at radius 2 is 1.79 bits per heavy atom. The van der Waals surface area contributed by atoms with Gasteiger partial charge in [0.05, 0.1) is 31.2 Å². The van der Waals surface area contributed by atoms with Gasteiger partial charge >= 0.3 is 0 Å². The van der Waals surface area contributed by atoms with Crippen LogP contribution in [-0.4, -0.2) is 44.1 Å². The maximum Gasteiger partial charge on any atom is 0.243 e. The fourth-order valence-electron chi connectivity index (χ4n) is 2.58. The van der Waals surface area contributed by atoms with Crippen LogP contribution in [0.15, 0.2) is 51.9 Å². The van der Waals surface area contributed by atoms with Crippen molar-refractivity contribution in [3.05, 3.63) is 53.9 Å². The fourth-order valence-corrected chi connectivity index (χ4v) is 3.70. The minimum Gasteiger partial charge on any atom is -0.497 e. The van der Waals surface area contributed by atoms with E-state index in [1.807, 2.05) is 6.92 Å². The molecule has 0 spiro atoms. The number of aromatic nitrogens is 2. The van der Waals surface area contributed by atoms with Gasteiger partial charge in [-0.15, -0.1) is 0 Å². The van der Waals surface area contributed by atoms with Crippen LogP contribution in [0.25, 0.3) is 11.4 Å². The Hall–Kier alpha value is -2.91. The summed E-state index contributed by atoms with van der Waals surface area (Å²) in [6.45, 7) is 1.84. The van der Waals surface area contributed by atoms with Crippen molar-refractivity contribution in [2.75, 3.05) is 21.3 Å². The lowest BCUT2D eigenvalue weighted by Gasteiger charge is -2.15. The average Bonchev–Trinajstić information content (AvgIpc) is 3.16. The first-order valence-corrected chi connectivity index (χ1v) is 9.87. The number of rotatable bonds is 7. The molecule has 1 aromatic heterocycles. The van der Waals surface area contributed by atoms with Crippen LogP contribution in [0.1, 0.15) is 11.5 Å². The number of ether oxygens (including phenoxy) is 2. The third-order valence-electron chi connectivity index (χ3n) is 4.20. The number of aryl methyl sites for hydroxylation is 1.